The van der Waals surface area contributed by atoms with Crippen molar-refractivity contribution in [2.75, 3.05) is 18.0 Å². The van der Waals surface area contributed by atoms with Crippen molar-refractivity contribution in [2.45, 2.75) is 46.3 Å². The SMILES string of the molecule is CC(C)C1CN(C(C)C)c2cc(C(=O)CCN)ccc2O1. The van der Waals surface area contributed by atoms with Crippen molar-refractivity contribution in [1.29, 1.82) is 0 Å². The first-order valence-electron chi connectivity index (χ1n) is 7.74. The number of rotatable bonds is 5. The van der Waals surface area contributed by atoms with Crippen LogP contribution < -0.4 is 15.4 Å². The second-order valence-corrected chi connectivity index (χ2v) is 6.29. The van der Waals surface area contributed by atoms with Gasteiger partial charge in [-0.1, -0.05) is 13.8 Å². The van der Waals surface area contributed by atoms with Gasteiger partial charge in [0.2, 0.25) is 0 Å². The van der Waals surface area contributed by atoms with Crippen LogP contribution in [0.2, 0.25) is 0 Å². The van der Waals surface area contributed by atoms with E-state index in [0.29, 0.717) is 24.9 Å². The van der Waals surface area contributed by atoms with Crippen molar-refractivity contribution >= 4 is 11.5 Å². The highest BCUT2D eigenvalue weighted by molar-refractivity contribution is 5.97. The summed E-state index contributed by atoms with van der Waals surface area (Å²) in [5.41, 5.74) is 7.21. The van der Waals surface area contributed by atoms with Crippen molar-refractivity contribution in [3.05, 3.63) is 23.8 Å². The fraction of sp³-hybridized carbons (Fsp3) is 0.588. The summed E-state index contributed by atoms with van der Waals surface area (Å²) in [4.78, 5) is 14.4. The van der Waals surface area contributed by atoms with Crippen molar-refractivity contribution in [1.82, 2.24) is 0 Å². The van der Waals surface area contributed by atoms with E-state index in [2.05, 4.69) is 32.6 Å². The monoisotopic (exact) mass is 290 g/mol. The third-order valence-electron chi connectivity index (χ3n) is 3.98. The predicted molar refractivity (Wildman–Crippen MR) is 86.2 cm³/mol. The van der Waals surface area contributed by atoms with Gasteiger partial charge in [0.15, 0.2) is 5.78 Å². The normalized spacial score (nSPS) is 17.9. The lowest BCUT2D eigenvalue weighted by Gasteiger charge is -2.40. The zero-order chi connectivity index (χ0) is 15.6. The highest BCUT2D eigenvalue weighted by atomic mass is 16.5. The number of anilines is 1. The fourth-order valence-corrected chi connectivity index (χ4v) is 2.62. The number of hydrogen-bond acceptors (Lipinski definition) is 4. The topological polar surface area (TPSA) is 55.6 Å². The average Bonchev–Trinajstić information content (AvgIpc) is 2.45. The van der Waals surface area contributed by atoms with Crippen LogP contribution in [-0.2, 0) is 0 Å². The Bertz CT molecular complexity index is 512. The molecule has 0 fully saturated rings. The van der Waals surface area contributed by atoms with E-state index in [-0.39, 0.29) is 11.9 Å². The lowest BCUT2D eigenvalue weighted by atomic mass is 10.0. The standard InChI is InChI=1S/C17H26N2O2/c1-11(2)17-10-19(12(3)4)14-9-13(15(20)7-8-18)5-6-16(14)21-17/h5-6,9,11-12,17H,7-8,10,18H2,1-4H3. The Morgan fingerprint density at radius 2 is 2.10 bits per heavy atom. The minimum Gasteiger partial charge on any atom is -0.486 e. The zero-order valence-corrected chi connectivity index (χ0v) is 13.4. The van der Waals surface area contributed by atoms with Gasteiger partial charge in [-0.2, -0.15) is 0 Å². The molecule has 1 unspecified atom stereocenters. The van der Waals surface area contributed by atoms with E-state index in [1.165, 1.54) is 0 Å². The molecule has 21 heavy (non-hydrogen) atoms. The molecule has 0 spiro atoms. The quantitative estimate of drug-likeness (QED) is 0.847. The summed E-state index contributed by atoms with van der Waals surface area (Å²) in [5, 5.41) is 0. The van der Waals surface area contributed by atoms with E-state index in [1.54, 1.807) is 0 Å². The second-order valence-electron chi connectivity index (χ2n) is 6.29. The van der Waals surface area contributed by atoms with E-state index in [4.69, 9.17) is 10.5 Å². The molecule has 1 atom stereocenters. The number of Topliss-reactive ketones (excluding diaryl/α,β-unsaturated/α-hetero) is 1. The Balaban J connectivity index is 2.36. The number of carbonyl (C=O) groups excluding carboxylic acids is 1. The van der Waals surface area contributed by atoms with Gasteiger partial charge < -0.3 is 15.4 Å². The molecule has 0 aliphatic carbocycles. The van der Waals surface area contributed by atoms with Gasteiger partial charge in [-0.05, 0) is 44.5 Å². The summed E-state index contributed by atoms with van der Waals surface area (Å²) < 4.78 is 6.09. The number of fused-ring (bicyclic) bond motifs is 1. The molecular formula is C17H26N2O2. The van der Waals surface area contributed by atoms with Gasteiger partial charge in [-0.3, -0.25) is 4.79 Å². The summed E-state index contributed by atoms with van der Waals surface area (Å²) in [6.45, 7) is 9.93. The van der Waals surface area contributed by atoms with Crippen LogP contribution in [0.4, 0.5) is 5.69 Å². The molecule has 0 aromatic heterocycles. The first kappa shape index (κ1) is 15.8. The number of nitrogens with two attached hydrogens (primary N) is 1. The minimum atomic E-state index is 0.0926. The van der Waals surface area contributed by atoms with Crippen molar-refractivity contribution in [3.8, 4) is 5.75 Å². The van der Waals surface area contributed by atoms with Gasteiger partial charge in [0.25, 0.3) is 0 Å². The molecular weight excluding hydrogens is 264 g/mol. The molecule has 1 aliphatic rings. The summed E-state index contributed by atoms with van der Waals surface area (Å²) in [7, 11) is 0. The zero-order valence-electron chi connectivity index (χ0n) is 13.4. The number of ketones is 1. The summed E-state index contributed by atoms with van der Waals surface area (Å²) >= 11 is 0. The molecule has 116 valence electrons. The van der Waals surface area contributed by atoms with Crippen LogP contribution in [0.5, 0.6) is 5.75 Å². The number of nitrogens with zero attached hydrogens (tertiary/aromatic N) is 1. The Hall–Kier alpha value is -1.55. The maximum absolute atomic E-state index is 12.0. The van der Waals surface area contributed by atoms with Crippen LogP contribution >= 0.6 is 0 Å². The largest absolute Gasteiger partial charge is 0.486 e. The van der Waals surface area contributed by atoms with Crippen LogP contribution in [0.25, 0.3) is 0 Å². The van der Waals surface area contributed by atoms with Crippen molar-refractivity contribution in [2.24, 2.45) is 11.7 Å². The lowest BCUT2D eigenvalue weighted by molar-refractivity contribution is 0.0985. The van der Waals surface area contributed by atoms with E-state index < -0.39 is 0 Å². The predicted octanol–water partition coefficient (Wildman–Crippen LogP) is 2.85. The van der Waals surface area contributed by atoms with Crippen LogP contribution in [0, 0.1) is 5.92 Å². The molecule has 0 saturated carbocycles. The molecule has 0 bridgehead atoms. The lowest BCUT2D eigenvalue weighted by Crippen LogP contribution is -2.45. The molecule has 4 nitrogen and oxygen atoms in total. The van der Waals surface area contributed by atoms with Gasteiger partial charge >= 0.3 is 0 Å². The highest BCUT2D eigenvalue weighted by Gasteiger charge is 2.29. The molecule has 2 rings (SSSR count). The summed E-state index contributed by atoms with van der Waals surface area (Å²) in [5.74, 6) is 1.42. The molecule has 2 N–H and O–H groups in total. The first-order valence-corrected chi connectivity index (χ1v) is 7.74. The molecule has 1 aliphatic heterocycles. The molecule has 0 radical (unpaired) electrons. The Kier molecular flexibility index (Phi) is 4.88. The number of benzene rings is 1. The van der Waals surface area contributed by atoms with Gasteiger partial charge in [-0.15, -0.1) is 0 Å². The van der Waals surface area contributed by atoms with Gasteiger partial charge in [0.1, 0.15) is 11.9 Å². The summed E-state index contributed by atoms with van der Waals surface area (Å²) in [6.07, 6.45) is 0.571. The highest BCUT2D eigenvalue weighted by Crippen LogP contribution is 2.37. The fourth-order valence-electron chi connectivity index (χ4n) is 2.62. The first-order chi connectivity index (χ1) is 9.93. The van der Waals surface area contributed by atoms with Crippen LogP contribution in [0.15, 0.2) is 18.2 Å². The van der Waals surface area contributed by atoms with Gasteiger partial charge in [-0.25, -0.2) is 0 Å². The molecule has 0 amide bonds. The third-order valence-corrected chi connectivity index (χ3v) is 3.98. The van der Waals surface area contributed by atoms with E-state index in [0.717, 1.165) is 23.5 Å². The molecule has 1 aromatic carbocycles. The minimum absolute atomic E-state index is 0.0926. The number of carbonyl (C=O) groups is 1. The molecule has 0 saturated heterocycles. The Morgan fingerprint density at radius 1 is 1.38 bits per heavy atom. The van der Waals surface area contributed by atoms with E-state index >= 15 is 0 Å². The maximum atomic E-state index is 12.0. The third kappa shape index (κ3) is 3.38. The molecule has 4 heteroatoms. The Labute approximate surface area is 127 Å². The molecule has 1 heterocycles. The van der Waals surface area contributed by atoms with E-state index in [9.17, 15) is 4.79 Å². The van der Waals surface area contributed by atoms with E-state index in [1.807, 2.05) is 18.2 Å². The van der Waals surface area contributed by atoms with Crippen molar-refractivity contribution in [3.63, 3.8) is 0 Å². The number of ether oxygens (including phenoxy) is 1. The average molecular weight is 290 g/mol. The maximum Gasteiger partial charge on any atom is 0.164 e. The van der Waals surface area contributed by atoms with Crippen LogP contribution in [0.3, 0.4) is 0 Å². The Morgan fingerprint density at radius 3 is 2.67 bits per heavy atom. The summed E-state index contributed by atoms with van der Waals surface area (Å²) in [6, 6.07) is 6.08. The van der Waals surface area contributed by atoms with Crippen molar-refractivity contribution < 1.29 is 9.53 Å². The van der Waals surface area contributed by atoms with Crippen LogP contribution in [-0.4, -0.2) is 31.0 Å². The van der Waals surface area contributed by atoms with Crippen LogP contribution in [0.1, 0.15) is 44.5 Å². The number of hydrogen-bond donors (Lipinski definition) is 1. The smallest absolute Gasteiger partial charge is 0.164 e. The molecule has 1 aromatic rings. The van der Waals surface area contributed by atoms with Gasteiger partial charge in [0.05, 0.1) is 12.2 Å². The second kappa shape index (κ2) is 6.48. The van der Waals surface area contributed by atoms with Gasteiger partial charge in [0, 0.05) is 18.0 Å².